The Bertz CT molecular complexity index is 43.3. The normalized spacial score (nSPS) is 15.0. The predicted molar refractivity (Wildman–Crippen MR) is 51.0 cm³/mol. The van der Waals surface area contributed by atoms with E-state index < -0.39 is 0 Å². The predicted octanol–water partition coefficient (Wildman–Crippen LogP) is 3.19. The van der Waals surface area contributed by atoms with Gasteiger partial charge < -0.3 is 0 Å². The Labute approximate surface area is 72.7 Å². The number of alkyl halides is 1. The average molecular weight is 323 g/mol. The lowest BCUT2D eigenvalue weighted by molar-refractivity contribution is 0.941. The Hall–Kier alpha value is 1.46. The number of rotatable bonds is 2. The van der Waals surface area contributed by atoms with Crippen molar-refractivity contribution >= 4 is 45.2 Å². The molecule has 0 aliphatic carbocycles. The second-order valence-corrected chi connectivity index (χ2v) is 4.67. The molecule has 0 bridgehead atoms. The summed E-state index contributed by atoms with van der Waals surface area (Å²) in [5.74, 6) is 0. The zero-order valence-electron chi connectivity index (χ0n) is 4.54. The van der Waals surface area contributed by atoms with Crippen molar-refractivity contribution in [1.29, 1.82) is 0 Å². The van der Waals surface area contributed by atoms with Crippen LogP contribution in [0.4, 0.5) is 0 Å². The number of hydrogen-bond acceptors (Lipinski definition) is 0. The first kappa shape index (κ1) is 8.46. The van der Waals surface area contributed by atoms with Crippen LogP contribution in [0.25, 0.3) is 0 Å². The lowest BCUT2D eigenvalue weighted by atomic mass is 10.3. The van der Waals surface area contributed by atoms with Crippen molar-refractivity contribution in [2.45, 2.75) is 24.2 Å². The summed E-state index contributed by atoms with van der Waals surface area (Å²) in [6.07, 6.45) is 1.26. The number of halogens is 2. The fraction of sp³-hybridized carbons (Fsp3) is 0.800. The van der Waals surface area contributed by atoms with E-state index in [-0.39, 0.29) is 0 Å². The number of hydrogen-bond donors (Lipinski definition) is 0. The molecule has 0 aromatic rings. The van der Waals surface area contributed by atoms with Crippen molar-refractivity contribution in [2.75, 3.05) is 0 Å². The van der Waals surface area contributed by atoms with Gasteiger partial charge in [0.15, 0.2) is 0 Å². The molecule has 0 N–H and O–H groups in total. The minimum atomic E-state index is 0.776. The van der Waals surface area contributed by atoms with Crippen LogP contribution >= 0.6 is 45.2 Å². The maximum absolute atomic E-state index is 2.45. The van der Waals surface area contributed by atoms with Gasteiger partial charge in [0.2, 0.25) is 0 Å². The second-order valence-electron chi connectivity index (χ2n) is 1.46. The van der Waals surface area contributed by atoms with Gasteiger partial charge in [0.05, 0.1) is 0 Å². The van der Waals surface area contributed by atoms with E-state index in [2.05, 4.69) is 59.0 Å². The minimum Gasteiger partial charge on any atom is -0.0811 e. The fourth-order valence-electron chi connectivity index (χ4n) is 0.281. The largest absolute Gasteiger partial charge is 0.0811 e. The van der Waals surface area contributed by atoms with Gasteiger partial charge in [-0.05, 0) is 13.3 Å². The Morgan fingerprint density at radius 1 is 1.71 bits per heavy atom. The van der Waals surface area contributed by atoms with Crippen LogP contribution in [-0.2, 0) is 0 Å². The van der Waals surface area contributed by atoms with Crippen molar-refractivity contribution in [2.24, 2.45) is 0 Å². The van der Waals surface area contributed by atoms with Gasteiger partial charge in [-0.1, -0.05) is 52.1 Å². The molecule has 0 aromatic carbocycles. The Morgan fingerprint density at radius 3 is 2.14 bits per heavy atom. The maximum Gasteiger partial charge on any atom is 0.0464 e. The van der Waals surface area contributed by atoms with Crippen molar-refractivity contribution in [3.05, 3.63) is 3.92 Å². The minimum absolute atomic E-state index is 0.776. The standard InChI is InChI=1S/C5H9I2/c1-3-5(7)4(2)6/h5H,3H2,1-2H3. The molecule has 0 saturated carbocycles. The van der Waals surface area contributed by atoms with E-state index >= 15 is 0 Å². The van der Waals surface area contributed by atoms with Crippen molar-refractivity contribution in [3.8, 4) is 0 Å². The van der Waals surface area contributed by atoms with E-state index in [1.54, 1.807) is 0 Å². The zero-order chi connectivity index (χ0) is 5.86. The van der Waals surface area contributed by atoms with Gasteiger partial charge in [0, 0.05) is 7.85 Å². The molecular weight excluding hydrogens is 314 g/mol. The van der Waals surface area contributed by atoms with Crippen LogP contribution in [0.15, 0.2) is 0 Å². The van der Waals surface area contributed by atoms with Gasteiger partial charge in [0.1, 0.15) is 0 Å². The smallest absolute Gasteiger partial charge is 0.0464 e. The van der Waals surface area contributed by atoms with Crippen LogP contribution < -0.4 is 0 Å². The summed E-state index contributed by atoms with van der Waals surface area (Å²) in [7, 11) is 0. The summed E-state index contributed by atoms with van der Waals surface area (Å²) in [6.45, 7) is 4.38. The van der Waals surface area contributed by atoms with Crippen LogP contribution in [0.2, 0.25) is 0 Å². The molecule has 2 heteroatoms. The molecule has 1 atom stereocenters. The molecule has 7 heavy (non-hydrogen) atoms. The first-order chi connectivity index (χ1) is 3.18. The third kappa shape index (κ3) is 4.00. The lowest BCUT2D eigenvalue weighted by Gasteiger charge is -2.05. The quantitative estimate of drug-likeness (QED) is 0.541. The summed E-state index contributed by atoms with van der Waals surface area (Å²) in [5.41, 5.74) is 0. The molecule has 1 unspecified atom stereocenters. The summed E-state index contributed by atoms with van der Waals surface area (Å²) >= 11 is 4.83. The van der Waals surface area contributed by atoms with E-state index in [9.17, 15) is 0 Å². The average Bonchev–Trinajstić information content (AvgIpc) is 1.65. The third-order valence-corrected chi connectivity index (χ3v) is 4.55. The molecule has 0 aliphatic rings. The molecule has 0 rings (SSSR count). The molecule has 0 saturated heterocycles. The monoisotopic (exact) mass is 323 g/mol. The van der Waals surface area contributed by atoms with E-state index in [4.69, 9.17) is 0 Å². The third-order valence-electron chi connectivity index (χ3n) is 0.790. The van der Waals surface area contributed by atoms with Crippen molar-refractivity contribution in [3.63, 3.8) is 0 Å². The summed E-state index contributed by atoms with van der Waals surface area (Å²) in [6, 6.07) is 0. The van der Waals surface area contributed by atoms with E-state index in [1.807, 2.05) is 0 Å². The first-order valence-electron chi connectivity index (χ1n) is 2.31. The molecule has 0 heterocycles. The highest BCUT2D eigenvalue weighted by atomic mass is 127. The fourth-order valence-corrected chi connectivity index (χ4v) is 0.722. The Morgan fingerprint density at radius 2 is 2.14 bits per heavy atom. The van der Waals surface area contributed by atoms with Gasteiger partial charge in [0.25, 0.3) is 0 Å². The second kappa shape index (κ2) is 4.35. The van der Waals surface area contributed by atoms with E-state index in [1.165, 1.54) is 10.3 Å². The molecule has 0 fully saturated rings. The molecule has 1 radical (unpaired) electrons. The van der Waals surface area contributed by atoms with Gasteiger partial charge >= 0.3 is 0 Å². The van der Waals surface area contributed by atoms with Crippen LogP contribution in [-0.4, -0.2) is 3.92 Å². The highest BCUT2D eigenvalue weighted by Gasteiger charge is 2.06. The lowest BCUT2D eigenvalue weighted by Crippen LogP contribution is -1.97. The van der Waals surface area contributed by atoms with Crippen LogP contribution in [0.3, 0.4) is 0 Å². The summed E-state index contributed by atoms with van der Waals surface area (Å²) in [4.78, 5) is 0. The first-order valence-corrected chi connectivity index (χ1v) is 4.64. The topological polar surface area (TPSA) is 0 Å². The molecule has 43 valence electrons. The molecule has 0 aliphatic heterocycles. The van der Waals surface area contributed by atoms with Gasteiger partial charge in [-0.3, -0.25) is 0 Å². The Balaban J connectivity index is 3.14. The maximum atomic E-state index is 2.45. The SMILES string of the molecule is CCC(I)[C](C)I. The van der Waals surface area contributed by atoms with Crippen molar-refractivity contribution in [1.82, 2.24) is 0 Å². The van der Waals surface area contributed by atoms with E-state index in [0.717, 1.165) is 3.92 Å². The molecular formula is C5H9I2. The van der Waals surface area contributed by atoms with Gasteiger partial charge in [-0.2, -0.15) is 0 Å². The van der Waals surface area contributed by atoms with Crippen LogP contribution in [0, 0.1) is 3.92 Å². The Kier molecular flexibility index (Phi) is 5.26. The highest BCUT2D eigenvalue weighted by Crippen LogP contribution is 2.24. The molecule has 0 spiro atoms. The molecule has 0 nitrogen and oxygen atoms in total. The zero-order valence-corrected chi connectivity index (χ0v) is 8.86. The highest BCUT2D eigenvalue weighted by molar-refractivity contribution is 14.1. The van der Waals surface area contributed by atoms with E-state index in [0.29, 0.717) is 0 Å². The molecule has 0 aromatic heterocycles. The summed E-state index contributed by atoms with van der Waals surface area (Å²) < 4.78 is 2.28. The van der Waals surface area contributed by atoms with Gasteiger partial charge in [-0.15, -0.1) is 0 Å². The molecule has 0 amide bonds. The van der Waals surface area contributed by atoms with Crippen molar-refractivity contribution < 1.29 is 0 Å². The van der Waals surface area contributed by atoms with Crippen LogP contribution in [0.1, 0.15) is 20.3 Å². The summed E-state index contributed by atoms with van der Waals surface area (Å²) in [5, 5.41) is 0. The van der Waals surface area contributed by atoms with Gasteiger partial charge in [-0.25, -0.2) is 0 Å². The van der Waals surface area contributed by atoms with Crippen LogP contribution in [0.5, 0.6) is 0 Å².